The molecule has 2 bridgehead atoms. The number of halogens is 2. The molecule has 1 heterocycles. The molecular formula is C27H24Cl2N2O3. The molecular weight excluding hydrogens is 471 g/mol. The van der Waals surface area contributed by atoms with Crippen LogP contribution in [-0.4, -0.2) is 29.3 Å². The Hall–Kier alpha value is -2.63. The summed E-state index contributed by atoms with van der Waals surface area (Å²) in [6, 6.07) is 10.5. The molecule has 1 saturated heterocycles. The number of aryl methyl sites for hydroxylation is 2. The summed E-state index contributed by atoms with van der Waals surface area (Å²) in [6.07, 6.45) is 5.41. The van der Waals surface area contributed by atoms with Crippen LogP contribution in [-0.2, 0) is 9.59 Å². The van der Waals surface area contributed by atoms with Gasteiger partial charge in [-0.2, -0.15) is 0 Å². The van der Waals surface area contributed by atoms with Gasteiger partial charge >= 0.3 is 0 Å². The Morgan fingerprint density at radius 2 is 1.56 bits per heavy atom. The van der Waals surface area contributed by atoms with Crippen LogP contribution in [0.5, 0.6) is 0 Å². The van der Waals surface area contributed by atoms with E-state index in [1.165, 1.54) is 15.9 Å². The number of imide groups is 1. The predicted octanol–water partition coefficient (Wildman–Crippen LogP) is 5.27. The summed E-state index contributed by atoms with van der Waals surface area (Å²) in [4.78, 5) is 43.9. The van der Waals surface area contributed by atoms with Crippen LogP contribution in [0.2, 0.25) is 10.0 Å². The van der Waals surface area contributed by atoms with Gasteiger partial charge in [-0.1, -0.05) is 53.6 Å². The zero-order chi connectivity index (χ0) is 23.9. The monoisotopic (exact) mass is 494 g/mol. The molecule has 7 rings (SSSR count). The first-order valence-electron chi connectivity index (χ1n) is 11.6. The van der Waals surface area contributed by atoms with Gasteiger partial charge in [0.2, 0.25) is 11.8 Å². The molecule has 0 spiro atoms. The highest BCUT2D eigenvalue weighted by atomic mass is 35.5. The van der Waals surface area contributed by atoms with E-state index < -0.39 is 0 Å². The molecule has 174 valence electrons. The van der Waals surface area contributed by atoms with Crippen LogP contribution < -0.4 is 4.90 Å². The molecule has 0 aromatic heterocycles. The van der Waals surface area contributed by atoms with Crippen molar-refractivity contribution in [2.75, 3.05) is 11.6 Å². The van der Waals surface area contributed by atoms with Crippen molar-refractivity contribution in [3.63, 3.8) is 0 Å². The maximum Gasteiger partial charge on any atom is 0.261 e. The lowest BCUT2D eigenvalue weighted by molar-refractivity contribution is -0.140. The number of likely N-dealkylation sites (tertiary alicyclic amines) is 1. The SMILES string of the molecule is Cc1cccc(C)c1N(CN1C(=O)C2C3C=CC(C4CC34)C2C1=O)C(=O)c1ccc(Cl)cc1Cl. The predicted molar refractivity (Wildman–Crippen MR) is 131 cm³/mol. The van der Waals surface area contributed by atoms with Gasteiger partial charge in [-0.3, -0.25) is 24.2 Å². The van der Waals surface area contributed by atoms with Crippen LogP contribution in [0.3, 0.4) is 0 Å². The molecule has 34 heavy (non-hydrogen) atoms. The van der Waals surface area contributed by atoms with Gasteiger partial charge in [0, 0.05) is 5.02 Å². The largest absolute Gasteiger partial charge is 0.289 e. The van der Waals surface area contributed by atoms with E-state index in [0.29, 0.717) is 22.5 Å². The minimum atomic E-state index is -0.376. The van der Waals surface area contributed by atoms with Gasteiger partial charge < -0.3 is 0 Å². The molecule has 3 amide bonds. The van der Waals surface area contributed by atoms with E-state index >= 15 is 0 Å². The molecule has 2 saturated carbocycles. The van der Waals surface area contributed by atoms with Gasteiger partial charge in [-0.15, -0.1) is 0 Å². The smallest absolute Gasteiger partial charge is 0.261 e. The van der Waals surface area contributed by atoms with Gasteiger partial charge in [-0.25, -0.2) is 0 Å². The molecule has 1 aliphatic heterocycles. The van der Waals surface area contributed by atoms with E-state index in [1.807, 2.05) is 32.0 Å². The van der Waals surface area contributed by atoms with Crippen LogP contribution in [0.25, 0.3) is 0 Å². The Bertz CT molecular complexity index is 1230. The van der Waals surface area contributed by atoms with Crippen LogP contribution in [0.15, 0.2) is 48.6 Å². The van der Waals surface area contributed by atoms with E-state index in [1.54, 1.807) is 12.1 Å². The number of carbonyl (C=O) groups excluding carboxylic acids is 3. The summed E-state index contributed by atoms with van der Waals surface area (Å²) in [5.74, 6) is 0.0123. The first-order valence-corrected chi connectivity index (χ1v) is 12.4. The second-order valence-corrected chi connectivity index (χ2v) is 10.8. The molecule has 6 unspecified atom stereocenters. The highest BCUT2D eigenvalue weighted by Gasteiger charge is 2.67. The van der Waals surface area contributed by atoms with E-state index in [9.17, 15) is 14.4 Å². The zero-order valence-corrected chi connectivity index (χ0v) is 20.4. The van der Waals surface area contributed by atoms with Crippen LogP contribution in [0, 0.1) is 49.4 Å². The number of allylic oxidation sites excluding steroid dienone is 2. The molecule has 3 fully saturated rings. The number of rotatable bonds is 4. The number of carbonyl (C=O) groups is 3. The maximum atomic E-state index is 13.8. The molecule has 5 aliphatic rings. The van der Waals surface area contributed by atoms with Crippen molar-refractivity contribution in [3.05, 3.63) is 75.3 Å². The first-order chi connectivity index (χ1) is 16.3. The number of anilines is 1. The summed E-state index contributed by atoms with van der Waals surface area (Å²) < 4.78 is 0. The van der Waals surface area contributed by atoms with E-state index in [0.717, 1.165) is 17.5 Å². The highest BCUT2D eigenvalue weighted by molar-refractivity contribution is 6.37. The van der Waals surface area contributed by atoms with Gasteiger partial charge in [0.05, 0.1) is 28.1 Å². The average Bonchev–Trinajstić information content (AvgIpc) is 3.58. The standard InChI is InChI=1S/C27H24Cl2N2O3/c1-13-4-3-5-14(2)24(13)30(25(32)18-7-6-15(28)10-21(18)29)12-31-26(33)22-16-8-9-17(20-11-19(16)20)23(22)27(31)34/h3-10,16-17,19-20,22-23H,11-12H2,1-2H3. The molecule has 4 aliphatic carbocycles. The minimum absolute atomic E-state index is 0.136. The molecule has 0 N–H and O–H groups in total. The normalized spacial score (nSPS) is 30.4. The lowest BCUT2D eigenvalue weighted by atomic mass is 9.63. The molecule has 0 radical (unpaired) electrons. The number of benzene rings is 2. The van der Waals surface area contributed by atoms with E-state index in [4.69, 9.17) is 23.2 Å². The van der Waals surface area contributed by atoms with Crippen molar-refractivity contribution < 1.29 is 14.4 Å². The Labute approximate surface area is 208 Å². The summed E-state index contributed by atoms with van der Waals surface area (Å²) in [6.45, 7) is 3.69. The number of hydrogen-bond donors (Lipinski definition) is 0. The summed E-state index contributed by atoms with van der Waals surface area (Å²) in [5.41, 5.74) is 2.70. The third-order valence-corrected chi connectivity index (χ3v) is 8.70. The van der Waals surface area contributed by atoms with Crippen LogP contribution in [0.1, 0.15) is 27.9 Å². The lowest BCUT2D eigenvalue weighted by Gasteiger charge is -2.37. The lowest BCUT2D eigenvalue weighted by Crippen LogP contribution is -2.45. The van der Waals surface area contributed by atoms with Crippen molar-refractivity contribution in [3.8, 4) is 0 Å². The van der Waals surface area contributed by atoms with Crippen LogP contribution >= 0.6 is 23.2 Å². The summed E-state index contributed by atoms with van der Waals surface area (Å²) in [7, 11) is 0. The Morgan fingerprint density at radius 3 is 2.12 bits per heavy atom. The second kappa shape index (κ2) is 7.69. The maximum absolute atomic E-state index is 13.8. The van der Waals surface area contributed by atoms with Crippen molar-refractivity contribution in [2.24, 2.45) is 35.5 Å². The van der Waals surface area contributed by atoms with Crippen molar-refractivity contribution >= 4 is 46.6 Å². The Kier molecular flexibility index (Phi) is 4.95. The Morgan fingerprint density at radius 1 is 0.971 bits per heavy atom. The quantitative estimate of drug-likeness (QED) is 0.429. The third-order valence-electron chi connectivity index (χ3n) is 8.15. The van der Waals surface area contributed by atoms with Gasteiger partial charge in [0.25, 0.3) is 5.91 Å². The number of nitrogens with zero attached hydrogens (tertiary/aromatic N) is 2. The van der Waals surface area contributed by atoms with Gasteiger partial charge in [0.15, 0.2) is 0 Å². The number of amides is 3. The second-order valence-electron chi connectivity index (χ2n) is 10.00. The average molecular weight is 495 g/mol. The van der Waals surface area contributed by atoms with Crippen molar-refractivity contribution in [2.45, 2.75) is 20.3 Å². The molecule has 7 heteroatoms. The topological polar surface area (TPSA) is 57.7 Å². The fraction of sp³-hybridized carbons (Fsp3) is 0.370. The van der Waals surface area contributed by atoms with E-state index in [-0.39, 0.29) is 58.6 Å². The number of hydrogen-bond acceptors (Lipinski definition) is 3. The number of para-hydroxylation sites is 1. The van der Waals surface area contributed by atoms with Crippen LogP contribution in [0.4, 0.5) is 5.69 Å². The molecule has 2 aromatic rings. The molecule has 5 nitrogen and oxygen atoms in total. The van der Waals surface area contributed by atoms with E-state index in [2.05, 4.69) is 12.2 Å². The molecule has 6 atom stereocenters. The van der Waals surface area contributed by atoms with Crippen molar-refractivity contribution in [1.82, 2.24) is 4.90 Å². The van der Waals surface area contributed by atoms with Gasteiger partial charge in [-0.05, 0) is 73.3 Å². The van der Waals surface area contributed by atoms with Crippen molar-refractivity contribution in [1.29, 1.82) is 0 Å². The molecule has 2 aromatic carbocycles. The fourth-order valence-corrected chi connectivity index (χ4v) is 7.07. The summed E-state index contributed by atoms with van der Waals surface area (Å²) >= 11 is 12.4. The summed E-state index contributed by atoms with van der Waals surface area (Å²) in [5, 5.41) is 0.652. The highest BCUT2D eigenvalue weighted by Crippen LogP contribution is 2.65. The van der Waals surface area contributed by atoms with Gasteiger partial charge in [0.1, 0.15) is 6.67 Å². The third kappa shape index (κ3) is 3.10. The zero-order valence-electron chi connectivity index (χ0n) is 18.9. The first kappa shape index (κ1) is 21.9. The fourth-order valence-electron chi connectivity index (χ4n) is 6.58. The minimum Gasteiger partial charge on any atom is -0.289 e. The Balaban J connectivity index is 1.39.